The van der Waals surface area contributed by atoms with E-state index in [1.807, 2.05) is 49.6 Å². The Hall–Kier alpha value is -2.92. The summed E-state index contributed by atoms with van der Waals surface area (Å²) in [6.07, 6.45) is 0. The van der Waals surface area contributed by atoms with Crippen LogP contribution in [-0.4, -0.2) is 42.6 Å². The Morgan fingerprint density at radius 2 is 1.68 bits per heavy atom. The van der Waals surface area contributed by atoms with Crippen LogP contribution in [0.15, 0.2) is 64.6 Å². The monoisotopic (exact) mass is 602 g/mol. The molecule has 0 aliphatic carbocycles. The van der Waals surface area contributed by atoms with Gasteiger partial charge in [0.05, 0.1) is 22.4 Å². The molecule has 0 spiro atoms. The van der Waals surface area contributed by atoms with E-state index in [0.29, 0.717) is 49.2 Å². The highest BCUT2D eigenvalue weighted by atomic mass is 35.5. The normalized spacial score (nSPS) is 12.1. The van der Waals surface area contributed by atoms with Crippen molar-refractivity contribution in [1.82, 2.24) is 19.5 Å². The molecule has 0 bridgehead atoms. The molecule has 1 N–H and O–H groups in total. The molecule has 0 saturated heterocycles. The van der Waals surface area contributed by atoms with E-state index < -0.39 is 15.4 Å². The molecule has 0 amide bonds. The number of halogens is 2. The van der Waals surface area contributed by atoms with Gasteiger partial charge in [-0.2, -0.15) is 0 Å². The standard InChI is InChI=1S/C29H32ClFN4O3S2/c1-18-15-19(2)26(20(3)16-18)40(36,37)32-13-14-39-28-34-33-27(35(28)23-10-8-22(31)9-11-23)29(4,5)21-7-12-24(30)25(17-21)38-6/h7-12,15-17,32H,13-14H2,1-6H3. The second-order valence-corrected chi connectivity index (χ2v) is 13.2. The largest absolute Gasteiger partial charge is 0.495 e. The number of nitrogens with one attached hydrogen (secondary N) is 1. The van der Waals surface area contributed by atoms with E-state index in [0.717, 1.165) is 11.1 Å². The van der Waals surface area contributed by atoms with Gasteiger partial charge in [-0.15, -0.1) is 10.2 Å². The first-order valence-corrected chi connectivity index (χ1v) is 15.5. The molecule has 0 unspecified atom stereocenters. The van der Waals surface area contributed by atoms with Crippen LogP contribution in [0.2, 0.25) is 5.02 Å². The lowest BCUT2D eigenvalue weighted by Crippen LogP contribution is -2.27. The predicted octanol–water partition coefficient (Wildman–Crippen LogP) is 6.39. The summed E-state index contributed by atoms with van der Waals surface area (Å²) in [6, 6.07) is 15.4. The molecule has 0 radical (unpaired) electrons. The summed E-state index contributed by atoms with van der Waals surface area (Å²) in [7, 11) is -2.14. The molecule has 0 fully saturated rings. The highest BCUT2D eigenvalue weighted by Gasteiger charge is 2.32. The second kappa shape index (κ2) is 11.9. The Bertz CT molecular complexity index is 1610. The van der Waals surface area contributed by atoms with Crippen LogP contribution < -0.4 is 9.46 Å². The van der Waals surface area contributed by atoms with Gasteiger partial charge in [0.1, 0.15) is 17.4 Å². The van der Waals surface area contributed by atoms with Crippen molar-refractivity contribution in [3.8, 4) is 11.4 Å². The van der Waals surface area contributed by atoms with E-state index in [-0.39, 0.29) is 12.4 Å². The van der Waals surface area contributed by atoms with Crippen molar-refractivity contribution in [2.24, 2.45) is 0 Å². The molecule has 40 heavy (non-hydrogen) atoms. The van der Waals surface area contributed by atoms with Crippen LogP contribution in [0.3, 0.4) is 0 Å². The number of benzene rings is 3. The Morgan fingerprint density at radius 3 is 2.30 bits per heavy atom. The summed E-state index contributed by atoms with van der Waals surface area (Å²) >= 11 is 7.62. The van der Waals surface area contributed by atoms with Gasteiger partial charge in [0.2, 0.25) is 10.0 Å². The molecule has 212 valence electrons. The lowest BCUT2D eigenvalue weighted by molar-refractivity contribution is 0.413. The Kier molecular flexibility index (Phi) is 8.94. The third kappa shape index (κ3) is 6.20. The first-order chi connectivity index (χ1) is 18.8. The van der Waals surface area contributed by atoms with Gasteiger partial charge < -0.3 is 4.74 Å². The minimum absolute atomic E-state index is 0.184. The van der Waals surface area contributed by atoms with Crippen LogP contribution >= 0.6 is 23.4 Å². The van der Waals surface area contributed by atoms with Crippen molar-refractivity contribution in [2.45, 2.75) is 50.1 Å². The predicted molar refractivity (Wildman–Crippen MR) is 158 cm³/mol. The second-order valence-electron chi connectivity index (χ2n) is 10.1. The third-order valence-corrected chi connectivity index (χ3v) is 9.66. The lowest BCUT2D eigenvalue weighted by atomic mass is 9.83. The van der Waals surface area contributed by atoms with Gasteiger partial charge in [0, 0.05) is 18.0 Å². The van der Waals surface area contributed by atoms with Crippen molar-refractivity contribution in [1.29, 1.82) is 0 Å². The number of methoxy groups -OCH3 is 1. The molecule has 7 nitrogen and oxygen atoms in total. The number of hydrogen-bond acceptors (Lipinski definition) is 6. The average Bonchev–Trinajstić information content (AvgIpc) is 3.31. The number of thioether (sulfide) groups is 1. The molecule has 4 rings (SSSR count). The zero-order chi connectivity index (χ0) is 29.2. The topological polar surface area (TPSA) is 86.1 Å². The van der Waals surface area contributed by atoms with Crippen LogP contribution in [-0.2, 0) is 15.4 Å². The van der Waals surface area contributed by atoms with Crippen molar-refractivity contribution in [3.63, 3.8) is 0 Å². The minimum Gasteiger partial charge on any atom is -0.495 e. The summed E-state index contributed by atoms with van der Waals surface area (Å²) < 4.78 is 49.9. The molecule has 0 saturated carbocycles. The number of aromatic nitrogens is 3. The molecule has 3 aromatic carbocycles. The third-order valence-electron chi connectivity index (χ3n) is 6.65. The summed E-state index contributed by atoms with van der Waals surface area (Å²) in [4.78, 5) is 0.306. The molecule has 1 aromatic heterocycles. The fourth-order valence-corrected chi connectivity index (χ4v) is 7.36. The van der Waals surface area contributed by atoms with Crippen LogP contribution in [0.25, 0.3) is 5.69 Å². The van der Waals surface area contributed by atoms with Gasteiger partial charge in [-0.1, -0.05) is 47.1 Å². The molecule has 0 aliphatic heterocycles. The van der Waals surface area contributed by atoms with E-state index in [1.54, 1.807) is 39.2 Å². The summed E-state index contributed by atoms with van der Waals surface area (Å²) in [6.45, 7) is 9.74. The highest BCUT2D eigenvalue weighted by molar-refractivity contribution is 7.99. The van der Waals surface area contributed by atoms with Crippen molar-refractivity contribution in [2.75, 3.05) is 19.4 Å². The molecule has 1 heterocycles. The van der Waals surface area contributed by atoms with Crippen molar-refractivity contribution < 1.29 is 17.5 Å². The van der Waals surface area contributed by atoms with Gasteiger partial charge in [0.15, 0.2) is 5.16 Å². The Morgan fingerprint density at radius 1 is 1.02 bits per heavy atom. The van der Waals surface area contributed by atoms with E-state index in [4.69, 9.17) is 16.3 Å². The molecular weight excluding hydrogens is 571 g/mol. The zero-order valence-corrected chi connectivity index (χ0v) is 25.6. The van der Waals surface area contributed by atoms with Crippen molar-refractivity contribution >= 4 is 33.4 Å². The highest BCUT2D eigenvalue weighted by Crippen LogP contribution is 2.37. The molecule has 11 heteroatoms. The number of nitrogens with zero attached hydrogens (tertiary/aromatic N) is 3. The maximum Gasteiger partial charge on any atom is 0.241 e. The molecule has 4 aromatic rings. The Balaban J connectivity index is 1.62. The number of ether oxygens (including phenoxy) is 1. The van der Waals surface area contributed by atoms with Crippen LogP contribution in [0.1, 0.15) is 41.9 Å². The number of sulfonamides is 1. The maximum absolute atomic E-state index is 13.8. The Labute approximate surface area is 244 Å². The SMILES string of the molecule is COc1cc(C(C)(C)c2nnc(SCCNS(=O)(=O)c3c(C)cc(C)cc3C)n2-c2ccc(F)cc2)ccc1Cl. The first-order valence-electron chi connectivity index (χ1n) is 12.6. The van der Waals surface area contributed by atoms with Gasteiger partial charge in [0.25, 0.3) is 0 Å². The summed E-state index contributed by atoms with van der Waals surface area (Å²) in [5.41, 5.74) is 3.38. The summed E-state index contributed by atoms with van der Waals surface area (Å²) in [5, 5.41) is 10.0. The van der Waals surface area contributed by atoms with Crippen LogP contribution in [0.5, 0.6) is 5.75 Å². The maximum atomic E-state index is 13.8. The van der Waals surface area contributed by atoms with Crippen LogP contribution in [0.4, 0.5) is 4.39 Å². The molecule has 0 atom stereocenters. The average molecular weight is 603 g/mol. The fourth-order valence-electron chi connectivity index (χ4n) is 4.75. The summed E-state index contributed by atoms with van der Waals surface area (Å²) in [5.74, 6) is 1.21. The lowest BCUT2D eigenvalue weighted by Gasteiger charge is -2.26. The van der Waals surface area contributed by atoms with E-state index in [2.05, 4.69) is 14.9 Å². The molecular formula is C29H32ClFN4O3S2. The van der Waals surface area contributed by atoms with Crippen molar-refractivity contribution in [3.05, 3.63) is 93.5 Å². The first kappa shape index (κ1) is 30.0. The van der Waals surface area contributed by atoms with E-state index in [9.17, 15) is 12.8 Å². The smallest absolute Gasteiger partial charge is 0.241 e. The number of aryl methyl sites for hydroxylation is 3. The zero-order valence-electron chi connectivity index (χ0n) is 23.2. The molecule has 0 aliphatic rings. The van der Waals surface area contributed by atoms with Gasteiger partial charge in [-0.25, -0.2) is 17.5 Å². The van der Waals surface area contributed by atoms with Crippen LogP contribution in [0, 0.1) is 26.6 Å². The van der Waals surface area contributed by atoms with Gasteiger partial charge >= 0.3 is 0 Å². The van der Waals surface area contributed by atoms with Gasteiger partial charge in [-0.05, 0) is 87.7 Å². The fraction of sp³-hybridized carbons (Fsp3) is 0.310. The quantitative estimate of drug-likeness (QED) is 0.167. The minimum atomic E-state index is -3.69. The van der Waals surface area contributed by atoms with E-state index >= 15 is 0 Å². The number of rotatable bonds is 10. The van der Waals surface area contributed by atoms with E-state index in [1.165, 1.54) is 23.9 Å². The van der Waals surface area contributed by atoms with Gasteiger partial charge in [-0.3, -0.25) is 4.57 Å². The number of hydrogen-bond donors (Lipinski definition) is 1.